The second kappa shape index (κ2) is 3.54. The van der Waals surface area contributed by atoms with Gasteiger partial charge >= 0.3 is 12.1 Å². The van der Waals surface area contributed by atoms with Crippen LogP contribution in [0.3, 0.4) is 0 Å². The third kappa shape index (κ3) is 4.57. The van der Waals surface area contributed by atoms with Gasteiger partial charge in [0.15, 0.2) is 6.29 Å². The molecular weight excluding hydrogens is 167 g/mol. The van der Waals surface area contributed by atoms with E-state index in [1.165, 1.54) is 5.32 Å². The highest BCUT2D eigenvalue weighted by molar-refractivity contribution is 5.81. The number of alkyl halides is 3. The molecule has 7 heteroatoms. The Morgan fingerprint density at radius 2 is 1.91 bits per heavy atom. The van der Waals surface area contributed by atoms with E-state index in [1.807, 2.05) is 0 Å². The van der Waals surface area contributed by atoms with E-state index in [2.05, 4.69) is 0 Å². The van der Waals surface area contributed by atoms with Gasteiger partial charge in [-0.05, 0) is 0 Å². The Bertz CT molecular complexity index is 144. The maximum Gasteiger partial charge on any atom is 0.471 e. The smallest absolute Gasteiger partial charge is 0.367 e. The predicted octanol–water partition coefficient (Wildman–Crippen LogP) is -1.02. The first-order valence-electron chi connectivity index (χ1n) is 2.55. The first-order valence-corrected chi connectivity index (χ1v) is 2.55. The normalized spacial score (nSPS) is 11.8. The zero-order valence-electron chi connectivity index (χ0n) is 5.22. The van der Waals surface area contributed by atoms with Gasteiger partial charge in [-0.15, -0.1) is 0 Å². The van der Waals surface area contributed by atoms with Crippen molar-refractivity contribution in [3.63, 3.8) is 0 Å². The van der Waals surface area contributed by atoms with Crippen LogP contribution in [0.5, 0.6) is 0 Å². The maximum absolute atomic E-state index is 11.3. The van der Waals surface area contributed by atoms with Crippen molar-refractivity contribution < 1.29 is 28.2 Å². The van der Waals surface area contributed by atoms with E-state index < -0.39 is 24.9 Å². The average molecular weight is 173 g/mol. The van der Waals surface area contributed by atoms with E-state index in [0.29, 0.717) is 0 Å². The first-order chi connectivity index (χ1) is 4.84. The lowest BCUT2D eigenvalue weighted by atomic mass is 10.5. The molecule has 0 aliphatic heterocycles. The lowest BCUT2D eigenvalue weighted by molar-refractivity contribution is -0.175. The average Bonchev–Trinajstić information content (AvgIpc) is 1.80. The van der Waals surface area contributed by atoms with Crippen LogP contribution in [0.15, 0.2) is 0 Å². The van der Waals surface area contributed by atoms with Crippen molar-refractivity contribution in [1.29, 1.82) is 0 Å². The van der Waals surface area contributed by atoms with Crippen LogP contribution in [0.2, 0.25) is 0 Å². The summed E-state index contributed by atoms with van der Waals surface area (Å²) in [5, 5.41) is 17.3. The lowest BCUT2D eigenvalue weighted by Crippen LogP contribution is -2.40. The van der Waals surface area contributed by atoms with E-state index >= 15 is 0 Å². The highest BCUT2D eigenvalue weighted by Crippen LogP contribution is 2.13. The molecule has 0 aliphatic rings. The summed E-state index contributed by atoms with van der Waals surface area (Å²) in [5.74, 6) is -2.19. The fourth-order valence-electron chi connectivity index (χ4n) is 0.284. The monoisotopic (exact) mass is 173 g/mol. The molecule has 66 valence electrons. The predicted molar refractivity (Wildman–Crippen MR) is 27.3 cm³/mol. The number of aliphatic hydroxyl groups is 2. The molecular formula is C4H6F3NO3. The fourth-order valence-corrected chi connectivity index (χ4v) is 0.284. The summed E-state index contributed by atoms with van der Waals surface area (Å²) in [4.78, 5) is 9.91. The number of hydrogen-bond acceptors (Lipinski definition) is 3. The van der Waals surface area contributed by atoms with E-state index in [1.54, 1.807) is 0 Å². The third-order valence-electron chi connectivity index (χ3n) is 0.703. The van der Waals surface area contributed by atoms with Gasteiger partial charge in [0.25, 0.3) is 0 Å². The molecule has 0 aromatic heterocycles. The number of nitrogens with one attached hydrogen (secondary N) is 1. The van der Waals surface area contributed by atoms with Crippen LogP contribution >= 0.6 is 0 Å². The molecule has 3 N–H and O–H groups in total. The molecule has 0 bridgehead atoms. The Hall–Kier alpha value is -0.820. The van der Waals surface area contributed by atoms with E-state index in [0.717, 1.165) is 0 Å². The molecule has 0 unspecified atom stereocenters. The standard InChI is InChI=1S/C4H6F3NO3/c5-4(6,7)3(11)8-1-2(9)10/h2,9-10H,1H2,(H,8,11). The van der Waals surface area contributed by atoms with E-state index in [9.17, 15) is 18.0 Å². The Labute approximate surface area is 59.6 Å². The summed E-state index contributed by atoms with van der Waals surface area (Å²) in [6, 6.07) is 0. The molecule has 0 heterocycles. The Balaban J connectivity index is 3.71. The zero-order valence-corrected chi connectivity index (χ0v) is 5.22. The second-order valence-corrected chi connectivity index (χ2v) is 1.69. The molecule has 0 rings (SSSR count). The van der Waals surface area contributed by atoms with Crippen LogP contribution in [-0.2, 0) is 4.79 Å². The Morgan fingerprint density at radius 3 is 2.18 bits per heavy atom. The first kappa shape index (κ1) is 10.2. The molecule has 1 amide bonds. The number of carbonyl (C=O) groups excluding carboxylic acids is 1. The number of aliphatic hydroxyl groups excluding tert-OH is 1. The molecule has 0 aromatic rings. The number of hydrogen-bond donors (Lipinski definition) is 3. The van der Waals surface area contributed by atoms with Crippen LogP contribution in [-0.4, -0.2) is 35.1 Å². The molecule has 0 atom stereocenters. The van der Waals surface area contributed by atoms with Gasteiger partial charge in [0, 0.05) is 0 Å². The Morgan fingerprint density at radius 1 is 1.45 bits per heavy atom. The summed E-state index contributed by atoms with van der Waals surface area (Å²) in [5.41, 5.74) is 0. The van der Waals surface area contributed by atoms with Crippen LogP contribution in [0, 0.1) is 0 Å². The topological polar surface area (TPSA) is 69.6 Å². The summed E-state index contributed by atoms with van der Waals surface area (Å²) in [7, 11) is 0. The summed E-state index contributed by atoms with van der Waals surface area (Å²) in [6.07, 6.45) is -6.95. The minimum atomic E-state index is -4.98. The SMILES string of the molecule is O=C(NCC(O)O)C(F)(F)F. The van der Waals surface area contributed by atoms with Crippen molar-refractivity contribution >= 4 is 5.91 Å². The van der Waals surface area contributed by atoms with Gasteiger partial charge in [0.05, 0.1) is 6.54 Å². The molecule has 0 spiro atoms. The Kier molecular flexibility index (Phi) is 3.27. The molecule has 0 aliphatic carbocycles. The van der Waals surface area contributed by atoms with Gasteiger partial charge in [-0.25, -0.2) is 0 Å². The van der Waals surface area contributed by atoms with E-state index in [-0.39, 0.29) is 0 Å². The molecule has 0 fully saturated rings. The van der Waals surface area contributed by atoms with E-state index in [4.69, 9.17) is 10.2 Å². The third-order valence-corrected chi connectivity index (χ3v) is 0.703. The van der Waals surface area contributed by atoms with Gasteiger partial charge < -0.3 is 15.5 Å². The van der Waals surface area contributed by atoms with Gasteiger partial charge in [-0.3, -0.25) is 4.79 Å². The molecule has 4 nitrogen and oxygen atoms in total. The van der Waals surface area contributed by atoms with Gasteiger partial charge in [0.1, 0.15) is 0 Å². The maximum atomic E-state index is 11.3. The zero-order chi connectivity index (χ0) is 9.07. The number of amides is 1. The molecule has 0 aromatic carbocycles. The van der Waals surface area contributed by atoms with Crippen LogP contribution < -0.4 is 5.32 Å². The van der Waals surface area contributed by atoms with Crippen molar-refractivity contribution in [2.24, 2.45) is 0 Å². The van der Waals surface area contributed by atoms with Crippen molar-refractivity contribution in [3.05, 3.63) is 0 Å². The number of carbonyl (C=O) groups is 1. The molecule has 0 saturated heterocycles. The van der Waals surface area contributed by atoms with Crippen molar-refractivity contribution in [2.75, 3.05) is 6.54 Å². The molecule has 0 saturated carbocycles. The largest absolute Gasteiger partial charge is 0.471 e. The van der Waals surface area contributed by atoms with Crippen LogP contribution in [0.25, 0.3) is 0 Å². The molecule has 11 heavy (non-hydrogen) atoms. The van der Waals surface area contributed by atoms with Gasteiger partial charge in [0.2, 0.25) is 0 Å². The van der Waals surface area contributed by atoms with Crippen LogP contribution in [0.4, 0.5) is 13.2 Å². The summed E-state index contributed by atoms with van der Waals surface area (Å²) in [6.45, 7) is -0.835. The summed E-state index contributed by atoms with van der Waals surface area (Å²) < 4.78 is 34.0. The molecule has 0 radical (unpaired) electrons. The van der Waals surface area contributed by atoms with Crippen LogP contribution in [0.1, 0.15) is 0 Å². The van der Waals surface area contributed by atoms with Gasteiger partial charge in [-0.1, -0.05) is 0 Å². The quantitative estimate of drug-likeness (QED) is 0.468. The minimum absolute atomic E-state index is 0.835. The second-order valence-electron chi connectivity index (χ2n) is 1.69. The number of halogens is 3. The summed E-state index contributed by atoms with van der Waals surface area (Å²) >= 11 is 0. The van der Waals surface area contributed by atoms with Crippen molar-refractivity contribution in [1.82, 2.24) is 5.32 Å². The van der Waals surface area contributed by atoms with Crippen molar-refractivity contribution in [3.8, 4) is 0 Å². The minimum Gasteiger partial charge on any atom is -0.367 e. The highest BCUT2D eigenvalue weighted by atomic mass is 19.4. The lowest BCUT2D eigenvalue weighted by Gasteiger charge is -2.07. The number of rotatable bonds is 2. The fraction of sp³-hybridized carbons (Fsp3) is 0.750. The van der Waals surface area contributed by atoms with Crippen molar-refractivity contribution in [2.45, 2.75) is 12.5 Å². The highest BCUT2D eigenvalue weighted by Gasteiger charge is 2.38. The van der Waals surface area contributed by atoms with Gasteiger partial charge in [-0.2, -0.15) is 13.2 Å².